The van der Waals surface area contributed by atoms with E-state index in [0.717, 1.165) is 19.5 Å². The average molecular weight is 225 g/mol. The first-order valence-corrected chi connectivity index (χ1v) is 5.58. The quantitative estimate of drug-likeness (QED) is 0.837. The standard InChI is InChI=1S/C11H19N3O2/c1-10(2,15-4)8-13-9(16-14-8)11(3)5-6-12-7-11/h12H,5-7H2,1-4H3. The van der Waals surface area contributed by atoms with E-state index in [1.807, 2.05) is 13.8 Å². The summed E-state index contributed by atoms with van der Waals surface area (Å²) in [5.41, 5.74) is -0.529. The first kappa shape index (κ1) is 11.5. The van der Waals surface area contributed by atoms with Gasteiger partial charge in [-0.15, -0.1) is 0 Å². The number of hydrogen-bond acceptors (Lipinski definition) is 5. The molecule has 0 aliphatic carbocycles. The normalized spacial score (nSPS) is 26.2. The molecule has 0 aromatic carbocycles. The van der Waals surface area contributed by atoms with Crippen LogP contribution < -0.4 is 5.32 Å². The van der Waals surface area contributed by atoms with E-state index in [1.165, 1.54) is 0 Å². The van der Waals surface area contributed by atoms with E-state index >= 15 is 0 Å². The van der Waals surface area contributed by atoms with Crippen LogP contribution in [0.5, 0.6) is 0 Å². The molecule has 16 heavy (non-hydrogen) atoms. The van der Waals surface area contributed by atoms with Crippen LogP contribution in [0.25, 0.3) is 0 Å². The maximum Gasteiger partial charge on any atom is 0.234 e. The van der Waals surface area contributed by atoms with Crippen molar-refractivity contribution >= 4 is 0 Å². The predicted molar refractivity (Wildman–Crippen MR) is 59.2 cm³/mol. The molecule has 0 bridgehead atoms. The summed E-state index contributed by atoms with van der Waals surface area (Å²) in [6.45, 7) is 7.89. The lowest BCUT2D eigenvalue weighted by Gasteiger charge is -2.18. The molecule has 2 rings (SSSR count). The van der Waals surface area contributed by atoms with Gasteiger partial charge in [-0.25, -0.2) is 0 Å². The van der Waals surface area contributed by atoms with Crippen LogP contribution >= 0.6 is 0 Å². The fourth-order valence-corrected chi connectivity index (χ4v) is 1.80. The van der Waals surface area contributed by atoms with E-state index in [2.05, 4.69) is 22.4 Å². The molecule has 90 valence electrons. The number of methoxy groups -OCH3 is 1. The summed E-state index contributed by atoms with van der Waals surface area (Å²) in [7, 11) is 1.65. The Balaban J connectivity index is 2.26. The van der Waals surface area contributed by atoms with Crippen LogP contribution in [-0.2, 0) is 15.8 Å². The highest BCUT2D eigenvalue weighted by Crippen LogP contribution is 2.30. The maximum atomic E-state index is 5.36. The Bertz CT molecular complexity index is 367. The molecule has 5 heteroatoms. The third-order valence-electron chi connectivity index (χ3n) is 3.36. The van der Waals surface area contributed by atoms with Crippen molar-refractivity contribution in [2.24, 2.45) is 0 Å². The van der Waals surface area contributed by atoms with Crippen molar-refractivity contribution in [2.45, 2.75) is 38.2 Å². The van der Waals surface area contributed by atoms with Gasteiger partial charge in [-0.05, 0) is 33.7 Å². The minimum Gasteiger partial charge on any atom is -0.371 e. The molecule has 0 radical (unpaired) electrons. The molecule has 1 aliphatic rings. The summed E-state index contributed by atoms with van der Waals surface area (Å²) in [6.07, 6.45) is 1.03. The Hall–Kier alpha value is -0.940. The Morgan fingerprint density at radius 2 is 2.25 bits per heavy atom. The molecule has 1 atom stereocenters. The highest BCUT2D eigenvalue weighted by Gasteiger charge is 2.38. The average Bonchev–Trinajstić information content (AvgIpc) is 2.86. The summed E-state index contributed by atoms with van der Waals surface area (Å²) in [5, 5.41) is 7.32. The molecule has 1 aromatic rings. The predicted octanol–water partition coefficient (Wildman–Crippen LogP) is 1.20. The molecule has 1 fully saturated rings. The molecule has 2 heterocycles. The van der Waals surface area contributed by atoms with Crippen LogP contribution in [0, 0.1) is 0 Å². The molecule has 1 saturated heterocycles. The Kier molecular flexibility index (Phi) is 2.75. The first-order valence-electron chi connectivity index (χ1n) is 5.58. The van der Waals surface area contributed by atoms with Crippen LogP contribution in [0.1, 0.15) is 38.9 Å². The van der Waals surface area contributed by atoms with Gasteiger partial charge in [0.2, 0.25) is 11.7 Å². The zero-order valence-electron chi connectivity index (χ0n) is 10.3. The van der Waals surface area contributed by atoms with Crippen LogP contribution in [0.15, 0.2) is 4.52 Å². The Morgan fingerprint density at radius 1 is 1.50 bits per heavy atom. The topological polar surface area (TPSA) is 60.2 Å². The molecule has 0 amide bonds. The summed E-state index contributed by atoms with van der Waals surface area (Å²) in [5.74, 6) is 1.32. The van der Waals surface area contributed by atoms with Gasteiger partial charge >= 0.3 is 0 Å². The van der Waals surface area contributed by atoms with Crippen molar-refractivity contribution in [1.82, 2.24) is 15.5 Å². The molecule has 0 saturated carbocycles. The minimum absolute atomic E-state index is 0.0327. The number of rotatable bonds is 3. The van der Waals surface area contributed by atoms with Crippen molar-refractivity contribution < 1.29 is 9.26 Å². The van der Waals surface area contributed by atoms with Crippen LogP contribution in [0.3, 0.4) is 0 Å². The highest BCUT2D eigenvalue weighted by molar-refractivity contribution is 5.09. The summed E-state index contributed by atoms with van der Waals surface area (Å²) in [4.78, 5) is 4.46. The van der Waals surface area contributed by atoms with Gasteiger partial charge in [0.05, 0.1) is 5.41 Å². The summed E-state index contributed by atoms with van der Waals surface area (Å²) >= 11 is 0. The van der Waals surface area contributed by atoms with Crippen molar-refractivity contribution in [3.63, 3.8) is 0 Å². The van der Waals surface area contributed by atoms with E-state index in [9.17, 15) is 0 Å². The summed E-state index contributed by atoms with van der Waals surface area (Å²) < 4.78 is 10.7. The molecule has 1 N–H and O–H groups in total. The highest BCUT2D eigenvalue weighted by atomic mass is 16.5. The number of aromatic nitrogens is 2. The zero-order chi connectivity index (χ0) is 11.8. The van der Waals surface area contributed by atoms with E-state index < -0.39 is 5.60 Å². The SMILES string of the molecule is COC(C)(C)c1noc(C2(C)CCNC2)n1. The number of hydrogen-bond donors (Lipinski definition) is 1. The molecular formula is C11H19N3O2. The van der Waals surface area contributed by atoms with Gasteiger partial charge in [-0.1, -0.05) is 5.16 Å². The van der Waals surface area contributed by atoms with Gasteiger partial charge in [-0.3, -0.25) is 0 Å². The zero-order valence-corrected chi connectivity index (χ0v) is 10.3. The van der Waals surface area contributed by atoms with Crippen molar-refractivity contribution in [1.29, 1.82) is 0 Å². The second-order valence-corrected chi connectivity index (χ2v) is 5.13. The van der Waals surface area contributed by atoms with Crippen LogP contribution in [-0.4, -0.2) is 30.3 Å². The number of nitrogens with one attached hydrogen (secondary N) is 1. The van der Waals surface area contributed by atoms with Crippen LogP contribution in [0.2, 0.25) is 0 Å². The fraction of sp³-hybridized carbons (Fsp3) is 0.818. The number of ether oxygens (including phenoxy) is 1. The lowest BCUT2D eigenvalue weighted by molar-refractivity contribution is 0.00973. The van der Waals surface area contributed by atoms with Crippen LogP contribution in [0.4, 0.5) is 0 Å². The van der Waals surface area contributed by atoms with E-state index in [4.69, 9.17) is 9.26 Å². The molecule has 5 nitrogen and oxygen atoms in total. The van der Waals surface area contributed by atoms with Crippen molar-refractivity contribution in [3.8, 4) is 0 Å². The largest absolute Gasteiger partial charge is 0.371 e. The molecule has 1 aromatic heterocycles. The van der Waals surface area contributed by atoms with Gasteiger partial charge < -0.3 is 14.6 Å². The van der Waals surface area contributed by atoms with Gasteiger partial charge in [-0.2, -0.15) is 4.98 Å². The third-order valence-corrected chi connectivity index (χ3v) is 3.36. The monoisotopic (exact) mass is 225 g/mol. The van der Waals surface area contributed by atoms with Gasteiger partial charge in [0.1, 0.15) is 5.60 Å². The van der Waals surface area contributed by atoms with E-state index in [0.29, 0.717) is 11.7 Å². The van der Waals surface area contributed by atoms with Gasteiger partial charge in [0.25, 0.3) is 0 Å². The smallest absolute Gasteiger partial charge is 0.234 e. The molecular weight excluding hydrogens is 206 g/mol. The Labute approximate surface area is 95.6 Å². The van der Waals surface area contributed by atoms with Crippen molar-refractivity contribution in [2.75, 3.05) is 20.2 Å². The lowest BCUT2D eigenvalue weighted by Crippen LogP contribution is -2.26. The third kappa shape index (κ3) is 1.85. The van der Waals surface area contributed by atoms with E-state index in [1.54, 1.807) is 7.11 Å². The minimum atomic E-state index is -0.496. The second kappa shape index (κ2) is 3.82. The molecule has 0 spiro atoms. The fourth-order valence-electron chi connectivity index (χ4n) is 1.80. The van der Waals surface area contributed by atoms with Gasteiger partial charge in [0, 0.05) is 13.7 Å². The van der Waals surface area contributed by atoms with E-state index in [-0.39, 0.29) is 5.41 Å². The Morgan fingerprint density at radius 3 is 2.81 bits per heavy atom. The van der Waals surface area contributed by atoms with Crippen molar-refractivity contribution in [3.05, 3.63) is 11.7 Å². The maximum absolute atomic E-state index is 5.36. The first-order chi connectivity index (χ1) is 7.48. The molecule has 1 unspecified atom stereocenters. The second-order valence-electron chi connectivity index (χ2n) is 5.13. The number of nitrogens with zero attached hydrogens (tertiary/aromatic N) is 2. The molecule has 1 aliphatic heterocycles. The summed E-state index contributed by atoms with van der Waals surface area (Å²) in [6, 6.07) is 0. The lowest BCUT2D eigenvalue weighted by atomic mass is 9.90. The van der Waals surface area contributed by atoms with Gasteiger partial charge in [0.15, 0.2) is 0 Å².